The summed E-state index contributed by atoms with van der Waals surface area (Å²) in [6.45, 7) is 2.72. The largest absolute Gasteiger partial charge is 0.340 e. The van der Waals surface area contributed by atoms with Crippen LogP contribution in [0.3, 0.4) is 0 Å². The second kappa shape index (κ2) is 7.78. The van der Waals surface area contributed by atoms with Crippen LogP contribution in [0.1, 0.15) is 55.8 Å². The molecule has 2 amide bonds. The third kappa shape index (κ3) is 4.26. The van der Waals surface area contributed by atoms with E-state index in [1.165, 1.54) is 24.3 Å². The van der Waals surface area contributed by atoms with E-state index in [9.17, 15) is 18.0 Å². The van der Waals surface area contributed by atoms with Crippen molar-refractivity contribution in [3.8, 4) is 0 Å². The van der Waals surface area contributed by atoms with Crippen LogP contribution >= 0.6 is 0 Å². The Hall–Kier alpha value is -1.89. The van der Waals surface area contributed by atoms with Crippen molar-refractivity contribution < 1.29 is 18.0 Å². The van der Waals surface area contributed by atoms with Crippen LogP contribution in [0.4, 0.5) is 0 Å². The molecule has 1 heterocycles. The quantitative estimate of drug-likeness (QED) is 0.788. The summed E-state index contributed by atoms with van der Waals surface area (Å²) in [5, 5.41) is 2.81. The van der Waals surface area contributed by atoms with Gasteiger partial charge in [-0.1, -0.05) is 13.3 Å². The number of rotatable bonds is 7. The Kier molecular flexibility index (Phi) is 5.65. The fourth-order valence-corrected chi connectivity index (χ4v) is 4.74. The van der Waals surface area contributed by atoms with Gasteiger partial charge in [0, 0.05) is 18.2 Å². The van der Waals surface area contributed by atoms with Gasteiger partial charge in [-0.2, -0.15) is 0 Å². The maximum absolute atomic E-state index is 12.5. The highest BCUT2D eigenvalue weighted by Crippen LogP contribution is 2.30. The second-order valence-corrected chi connectivity index (χ2v) is 9.24. The maximum Gasteiger partial charge on any atom is 0.251 e. The molecule has 0 radical (unpaired) electrons. The van der Waals surface area contributed by atoms with Crippen molar-refractivity contribution in [2.24, 2.45) is 0 Å². The van der Waals surface area contributed by atoms with Gasteiger partial charge in [0.05, 0.1) is 10.6 Å². The van der Waals surface area contributed by atoms with Gasteiger partial charge in [-0.25, -0.2) is 8.42 Å². The van der Waals surface area contributed by atoms with Crippen LogP contribution in [0.2, 0.25) is 0 Å². The second-order valence-electron chi connectivity index (χ2n) is 7.13. The van der Waals surface area contributed by atoms with Gasteiger partial charge >= 0.3 is 0 Å². The van der Waals surface area contributed by atoms with E-state index in [1.54, 1.807) is 0 Å². The fourth-order valence-electron chi connectivity index (χ4n) is 3.29. The first-order valence-corrected chi connectivity index (χ1v) is 11.0. The van der Waals surface area contributed by atoms with Crippen molar-refractivity contribution in [2.45, 2.75) is 62.4 Å². The van der Waals surface area contributed by atoms with E-state index >= 15 is 0 Å². The molecule has 1 saturated heterocycles. The average molecular weight is 378 g/mol. The Morgan fingerprint density at radius 1 is 1.19 bits per heavy atom. The molecule has 2 fully saturated rings. The summed E-state index contributed by atoms with van der Waals surface area (Å²) in [6.07, 6.45) is 5.08. The Morgan fingerprint density at radius 2 is 1.88 bits per heavy atom. The Morgan fingerprint density at radius 3 is 2.50 bits per heavy atom. The van der Waals surface area contributed by atoms with Crippen LogP contribution in [0.25, 0.3) is 0 Å². The lowest BCUT2D eigenvalue weighted by Crippen LogP contribution is -2.52. The summed E-state index contributed by atoms with van der Waals surface area (Å²) in [7, 11) is -3.30. The van der Waals surface area contributed by atoms with E-state index < -0.39 is 15.9 Å². The topological polar surface area (TPSA) is 83.6 Å². The summed E-state index contributed by atoms with van der Waals surface area (Å²) < 4.78 is 24.4. The molecule has 2 aliphatic rings. The zero-order chi connectivity index (χ0) is 18.7. The number of hydrogen-bond donors (Lipinski definition) is 1. The maximum atomic E-state index is 12.5. The molecule has 0 aromatic heterocycles. The lowest BCUT2D eigenvalue weighted by atomic mass is 10.0. The zero-order valence-electron chi connectivity index (χ0n) is 15.1. The van der Waals surface area contributed by atoms with Crippen LogP contribution in [0.15, 0.2) is 29.2 Å². The smallest absolute Gasteiger partial charge is 0.251 e. The Labute approximate surface area is 154 Å². The standard InChI is InChI=1S/C19H26N2O4S/c1-2-3-13-26(24,25)16-10-6-14(7-11-16)18(22)20-17-5-4-12-21(19(17)23)15-8-9-15/h6-7,10-11,15,17H,2-5,8-9,12-13H2,1H3,(H,20,22). The third-order valence-corrected chi connectivity index (χ3v) is 6.82. The first kappa shape index (κ1) is 18.9. The molecule has 1 unspecified atom stereocenters. The van der Waals surface area contributed by atoms with Crippen LogP contribution in [-0.2, 0) is 14.6 Å². The van der Waals surface area contributed by atoms with E-state index in [-0.39, 0.29) is 22.5 Å². The SMILES string of the molecule is CCCCS(=O)(=O)c1ccc(C(=O)NC2CCCN(C3CC3)C2=O)cc1. The average Bonchev–Trinajstić information content (AvgIpc) is 3.47. The molecule has 6 nitrogen and oxygen atoms in total. The Balaban J connectivity index is 1.63. The molecule has 1 saturated carbocycles. The van der Waals surface area contributed by atoms with Gasteiger partial charge in [-0.3, -0.25) is 9.59 Å². The van der Waals surface area contributed by atoms with Crippen molar-refractivity contribution >= 4 is 21.7 Å². The summed E-state index contributed by atoms with van der Waals surface area (Å²) in [4.78, 5) is 27.1. The van der Waals surface area contributed by atoms with Gasteiger partial charge in [0.15, 0.2) is 9.84 Å². The Bertz CT molecular complexity index is 769. The van der Waals surface area contributed by atoms with E-state index in [4.69, 9.17) is 0 Å². The van der Waals surface area contributed by atoms with E-state index in [1.807, 2.05) is 11.8 Å². The molecular formula is C19H26N2O4S. The summed E-state index contributed by atoms with van der Waals surface area (Å²) in [5.74, 6) is -0.216. The predicted octanol–water partition coefficient (Wildman–Crippen LogP) is 2.14. The number of likely N-dealkylation sites (tertiary alicyclic amines) is 1. The van der Waals surface area contributed by atoms with E-state index in [0.717, 1.165) is 32.2 Å². The van der Waals surface area contributed by atoms with Crippen LogP contribution in [0, 0.1) is 0 Å². The minimum atomic E-state index is -3.30. The zero-order valence-corrected chi connectivity index (χ0v) is 15.9. The van der Waals surface area contributed by atoms with Crippen LogP contribution in [-0.4, -0.2) is 49.5 Å². The molecule has 142 valence electrons. The molecular weight excluding hydrogens is 352 g/mol. The molecule has 0 bridgehead atoms. The first-order chi connectivity index (χ1) is 12.4. The molecule has 7 heteroatoms. The van der Waals surface area contributed by atoms with Crippen LogP contribution < -0.4 is 5.32 Å². The lowest BCUT2D eigenvalue weighted by Gasteiger charge is -2.32. The number of carbonyl (C=O) groups is 2. The number of carbonyl (C=O) groups excluding carboxylic acids is 2. The number of amides is 2. The van der Waals surface area contributed by atoms with Gasteiger partial charge in [-0.15, -0.1) is 0 Å². The predicted molar refractivity (Wildman–Crippen MR) is 98.6 cm³/mol. The van der Waals surface area contributed by atoms with Crippen molar-refractivity contribution in [2.75, 3.05) is 12.3 Å². The monoisotopic (exact) mass is 378 g/mol. The van der Waals surface area contributed by atoms with Gasteiger partial charge in [0.2, 0.25) is 5.91 Å². The number of piperidine rings is 1. The molecule has 1 aromatic rings. The molecule has 1 aromatic carbocycles. The number of nitrogens with one attached hydrogen (secondary N) is 1. The molecule has 0 spiro atoms. The highest BCUT2D eigenvalue weighted by molar-refractivity contribution is 7.91. The van der Waals surface area contributed by atoms with Crippen molar-refractivity contribution in [3.63, 3.8) is 0 Å². The normalized spacial score (nSPS) is 20.9. The fraction of sp³-hybridized carbons (Fsp3) is 0.579. The van der Waals surface area contributed by atoms with Crippen molar-refractivity contribution in [1.82, 2.24) is 10.2 Å². The molecule has 1 atom stereocenters. The van der Waals surface area contributed by atoms with Gasteiger partial charge < -0.3 is 10.2 Å². The van der Waals surface area contributed by atoms with Crippen molar-refractivity contribution in [1.29, 1.82) is 0 Å². The summed E-state index contributed by atoms with van der Waals surface area (Å²) >= 11 is 0. The highest BCUT2D eigenvalue weighted by Gasteiger charge is 2.38. The summed E-state index contributed by atoms with van der Waals surface area (Å²) in [6, 6.07) is 5.85. The highest BCUT2D eigenvalue weighted by atomic mass is 32.2. The number of hydrogen-bond acceptors (Lipinski definition) is 4. The van der Waals surface area contributed by atoms with Crippen LogP contribution in [0.5, 0.6) is 0 Å². The lowest BCUT2D eigenvalue weighted by molar-refractivity contribution is -0.136. The molecule has 1 N–H and O–H groups in total. The minimum absolute atomic E-state index is 0.00543. The summed E-state index contributed by atoms with van der Waals surface area (Å²) in [5.41, 5.74) is 0.371. The number of benzene rings is 1. The van der Waals surface area contributed by atoms with Gasteiger partial charge in [-0.05, 0) is 56.4 Å². The van der Waals surface area contributed by atoms with E-state index in [0.29, 0.717) is 24.4 Å². The molecule has 1 aliphatic carbocycles. The number of sulfone groups is 1. The van der Waals surface area contributed by atoms with Gasteiger partial charge in [0.1, 0.15) is 6.04 Å². The third-order valence-electron chi connectivity index (χ3n) is 5.01. The number of unbranched alkanes of at least 4 members (excludes halogenated alkanes) is 1. The minimum Gasteiger partial charge on any atom is -0.340 e. The number of nitrogens with zero attached hydrogens (tertiary/aromatic N) is 1. The molecule has 26 heavy (non-hydrogen) atoms. The first-order valence-electron chi connectivity index (χ1n) is 9.36. The van der Waals surface area contributed by atoms with Gasteiger partial charge in [0.25, 0.3) is 5.91 Å². The molecule has 1 aliphatic heterocycles. The van der Waals surface area contributed by atoms with E-state index in [2.05, 4.69) is 5.32 Å². The van der Waals surface area contributed by atoms with Crippen molar-refractivity contribution in [3.05, 3.63) is 29.8 Å². The molecule has 3 rings (SSSR count).